The van der Waals surface area contributed by atoms with E-state index in [0.717, 1.165) is 17.8 Å². The second kappa shape index (κ2) is 8.57. The van der Waals surface area contributed by atoms with E-state index in [9.17, 15) is 18.0 Å². The molecule has 0 radical (unpaired) electrons. The van der Waals surface area contributed by atoms with Gasteiger partial charge in [-0.15, -0.1) is 0 Å². The first kappa shape index (κ1) is 18.9. The van der Waals surface area contributed by atoms with Crippen LogP contribution in [0.3, 0.4) is 0 Å². The number of hydrogen-bond donors (Lipinski definition) is 3. The zero-order valence-electron chi connectivity index (χ0n) is 13.0. The summed E-state index contributed by atoms with van der Waals surface area (Å²) >= 11 is 5.85. The number of rotatable bonds is 6. The Hall–Kier alpha value is -2.48. The van der Waals surface area contributed by atoms with Gasteiger partial charge in [-0.3, -0.25) is 0 Å². The van der Waals surface area contributed by atoms with Gasteiger partial charge in [0.1, 0.15) is 5.82 Å². The zero-order chi connectivity index (χ0) is 18.3. The van der Waals surface area contributed by atoms with Crippen molar-refractivity contribution in [1.29, 1.82) is 0 Å². The zero-order valence-corrected chi connectivity index (χ0v) is 13.8. The predicted molar refractivity (Wildman–Crippen MR) is 89.4 cm³/mol. The third kappa shape index (κ3) is 6.50. The maximum atomic E-state index is 12.4. The van der Waals surface area contributed by atoms with Crippen molar-refractivity contribution in [3.05, 3.63) is 58.7 Å². The number of carbonyl (C=O) groups excluding carboxylic acids is 1. The van der Waals surface area contributed by atoms with Crippen molar-refractivity contribution >= 4 is 23.4 Å². The van der Waals surface area contributed by atoms with Gasteiger partial charge in [0.25, 0.3) is 0 Å². The molecule has 9 heteroatoms. The molecule has 5 nitrogen and oxygen atoms in total. The Kier molecular flexibility index (Phi) is 6.46. The van der Waals surface area contributed by atoms with E-state index in [4.69, 9.17) is 11.6 Å². The van der Waals surface area contributed by atoms with Crippen LogP contribution in [0.15, 0.2) is 42.6 Å². The molecule has 1 heterocycles. The van der Waals surface area contributed by atoms with Crippen molar-refractivity contribution in [3.63, 3.8) is 0 Å². The Balaban J connectivity index is 1.66. The summed E-state index contributed by atoms with van der Waals surface area (Å²) in [5, 5.41) is 8.70. The minimum absolute atomic E-state index is 0.282. The molecule has 2 amide bonds. The predicted octanol–water partition coefficient (Wildman–Crippen LogP) is 3.67. The first-order valence-corrected chi connectivity index (χ1v) is 7.75. The van der Waals surface area contributed by atoms with Gasteiger partial charge in [-0.25, -0.2) is 9.78 Å². The van der Waals surface area contributed by atoms with Gasteiger partial charge in [-0.2, -0.15) is 13.2 Å². The normalized spacial score (nSPS) is 11.0. The third-order valence-corrected chi connectivity index (χ3v) is 3.38. The second-order valence-electron chi connectivity index (χ2n) is 5.10. The first-order chi connectivity index (χ1) is 11.8. The van der Waals surface area contributed by atoms with E-state index in [1.807, 2.05) is 6.07 Å². The molecule has 0 fully saturated rings. The number of urea groups is 1. The van der Waals surface area contributed by atoms with Crippen molar-refractivity contribution < 1.29 is 18.0 Å². The molecule has 0 aliphatic rings. The van der Waals surface area contributed by atoms with Crippen molar-refractivity contribution in [2.75, 3.05) is 18.4 Å². The molecule has 0 saturated heterocycles. The van der Waals surface area contributed by atoms with Crippen LogP contribution < -0.4 is 16.0 Å². The van der Waals surface area contributed by atoms with Gasteiger partial charge in [0, 0.05) is 30.9 Å². The number of hydrogen-bond acceptors (Lipinski definition) is 3. The number of halogens is 4. The topological polar surface area (TPSA) is 66.0 Å². The Morgan fingerprint density at radius 1 is 1.12 bits per heavy atom. The molecule has 0 spiro atoms. The fourth-order valence-corrected chi connectivity index (χ4v) is 2.14. The van der Waals surface area contributed by atoms with Crippen molar-refractivity contribution in [2.45, 2.75) is 12.7 Å². The summed E-state index contributed by atoms with van der Waals surface area (Å²) in [4.78, 5) is 15.3. The van der Waals surface area contributed by atoms with Crippen LogP contribution in [0, 0.1) is 0 Å². The molecule has 0 bridgehead atoms. The van der Waals surface area contributed by atoms with Crippen molar-refractivity contribution in [2.24, 2.45) is 0 Å². The molecule has 2 aromatic rings. The lowest BCUT2D eigenvalue weighted by Crippen LogP contribution is -2.37. The molecule has 3 N–H and O–H groups in total. The number of aromatic nitrogens is 1. The molecule has 1 aromatic heterocycles. The summed E-state index contributed by atoms with van der Waals surface area (Å²) in [6, 6.07) is 8.94. The molecule has 134 valence electrons. The van der Waals surface area contributed by atoms with Crippen LogP contribution in [0.1, 0.15) is 11.1 Å². The number of nitrogens with zero attached hydrogens (tertiary/aromatic N) is 1. The van der Waals surface area contributed by atoms with Crippen LogP contribution in [0.25, 0.3) is 0 Å². The van der Waals surface area contributed by atoms with Crippen LogP contribution in [0.5, 0.6) is 0 Å². The number of pyridine rings is 1. The van der Waals surface area contributed by atoms with Gasteiger partial charge >= 0.3 is 12.2 Å². The van der Waals surface area contributed by atoms with E-state index in [-0.39, 0.29) is 12.6 Å². The fraction of sp³-hybridized carbons (Fsp3) is 0.250. The summed E-state index contributed by atoms with van der Waals surface area (Å²) < 4.78 is 37.2. The smallest absolute Gasteiger partial charge is 0.368 e. The van der Waals surface area contributed by atoms with Crippen molar-refractivity contribution in [3.8, 4) is 0 Å². The van der Waals surface area contributed by atoms with E-state index in [1.54, 1.807) is 18.2 Å². The van der Waals surface area contributed by atoms with Gasteiger partial charge in [0.2, 0.25) is 0 Å². The largest absolute Gasteiger partial charge is 0.417 e. The van der Waals surface area contributed by atoms with E-state index in [1.165, 1.54) is 6.07 Å². The van der Waals surface area contributed by atoms with Gasteiger partial charge in [-0.1, -0.05) is 23.7 Å². The molecule has 25 heavy (non-hydrogen) atoms. The second-order valence-corrected chi connectivity index (χ2v) is 5.53. The number of alkyl halides is 3. The molecule has 0 atom stereocenters. The lowest BCUT2D eigenvalue weighted by Gasteiger charge is -2.10. The highest BCUT2D eigenvalue weighted by Crippen LogP contribution is 2.28. The molecule has 0 aliphatic heterocycles. The van der Waals surface area contributed by atoms with E-state index >= 15 is 0 Å². The Bertz CT molecular complexity index is 707. The van der Waals surface area contributed by atoms with Crippen LogP contribution in [-0.4, -0.2) is 24.1 Å². The highest BCUT2D eigenvalue weighted by Gasteiger charge is 2.30. The van der Waals surface area contributed by atoms with Crippen LogP contribution in [-0.2, 0) is 12.7 Å². The lowest BCUT2D eigenvalue weighted by atomic mass is 10.2. The standard InChI is InChI=1S/C16H16ClF3N4O/c17-13-3-1-2-11(8-13)9-24-15(25)22-7-6-21-14-5-4-12(10-23-14)16(18,19)20/h1-5,8,10H,6-7,9H2,(H,21,23)(H2,22,24,25). The minimum atomic E-state index is -4.41. The molecule has 0 aliphatic carbocycles. The Labute approximate surface area is 147 Å². The van der Waals surface area contributed by atoms with Crippen LogP contribution in [0.4, 0.5) is 23.8 Å². The SMILES string of the molecule is O=C(NCCNc1ccc(C(F)(F)F)cn1)NCc1cccc(Cl)c1. The summed E-state index contributed by atoms with van der Waals surface area (Å²) in [6.45, 7) is 0.938. The minimum Gasteiger partial charge on any atom is -0.368 e. The number of carbonyl (C=O) groups is 1. The van der Waals surface area contributed by atoms with Crippen molar-refractivity contribution in [1.82, 2.24) is 15.6 Å². The van der Waals surface area contributed by atoms with Crippen LogP contribution >= 0.6 is 11.6 Å². The Morgan fingerprint density at radius 2 is 1.92 bits per heavy atom. The number of benzene rings is 1. The molecular weight excluding hydrogens is 357 g/mol. The van der Waals surface area contributed by atoms with E-state index in [2.05, 4.69) is 20.9 Å². The summed E-state index contributed by atoms with van der Waals surface area (Å²) in [5.74, 6) is 0.300. The average Bonchev–Trinajstić information content (AvgIpc) is 2.57. The molecule has 0 unspecified atom stereocenters. The number of anilines is 1. The monoisotopic (exact) mass is 372 g/mol. The van der Waals surface area contributed by atoms with Gasteiger partial charge in [-0.05, 0) is 29.8 Å². The van der Waals surface area contributed by atoms with Gasteiger partial charge in [0.05, 0.1) is 5.56 Å². The number of amides is 2. The van der Waals surface area contributed by atoms with Gasteiger partial charge in [0.15, 0.2) is 0 Å². The molecule has 1 aromatic carbocycles. The molecule has 2 rings (SSSR count). The average molecular weight is 373 g/mol. The number of nitrogens with one attached hydrogen (secondary N) is 3. The lowest BCUT2D eigenvalue weighted by molar-refractivity contribution is -0.137. The van der Waals surface area contributed by atoms with E-state index < -0.39 is 11.7 Å². The quantitative estimate of drug-likeness (QED) is 0.678. The third-order valence-electron chi connectivity index (χ3n) is 3.15. The summed E-state index contributed by atoms with van der Waals surface area (Å²) in [5.41, 5.74) is 0.0614. The van der Waals surface area contributed by atoms with Crippen LogP contribution in [0.2, 0.25) is 5.02 Å². The highest BCUT2D eigenvalue weighted by molar-refractivity contribution is 6.30. The fourth-order valence-electron chi connectivity index (χ4n) is 1.92. The molecule has 0 saturated carbocycles. The highest BCUT2D eigenvalue weighted by atomic mass is 35.5. The van der Waals surface area contributed by atoms with Gasteiger partial charge < -0.3 is 16.0 Å². The van der Waals surface area contributed by atoms with E-state index in [0.29, 0.717) is 23.9 Å². The first-order valence-electron chi connectivity index (χ1n) is 7.38. The molecular formula is C16H16ClF3N4O. The maximum Gasteiger partial charge on any atom is 0.417 e. The summed E-state index contributed by atoms with van der Waals surface area (Å²) in [7, 11) is 0. The Morgan fingerprint density at radius 3 is 2.56 bits per heavy atom. The maximum absolute atomic E-state index is 12.4. The summed E-state index contributed by atoms with van der Waals surface area (Å²) in [6.07, 6.45) is -3.65.